The molecule has 1 atom stereocenters. The molecular weight excluding hydrogens is 250 g/mol. The molecule has 0 aliphatic heterocycles. The Hall–Kier alpha value is -0.900. The van der Waals surface area contributed by atoms with Crippen LogP contribution in [-0.4, -0.2) is 30.5 Å². The van der Waals surface area contributed by atoms with Crippen LogP contribution in [0.25, 0.3) is 0 Å². The van der Waals surface area contributed by atoms with Gasteiger partial charge in [0.05, 0.1) is 24.9 Å². The highest BCUT2D eigenvalue weighted by Gasteiger charge is 2.38. The fraction of sp³-hybridized carbons (Fsp3) is 0.647. The summed E-state index contributed by atoms with van der Waals surface area (Å²) in [5.74, 6) is 0. The van der Waals surface area contributed by atoms with Crippen LogP contribution in [0.3, 0.4) is 0 Å². The minimum absolute atomic E-state index is 0.0836. The maximum atomic E-state index is 10.0. The third kappa shape index (κ3) is 3.22. The summed E-state index contributed by atoms with van der Waals surface area (Å²) >= 11 is 0. The van der Waals surface area contributed by atoms with Gasteiger partial charge in [0.15, 0.2) is 0 Å². The van der Waals surface area contributed by atoms with Gasteiger partial charge in [-0.15, -0.1) is 0 Å². The van der Waals surface area contributed by atoms with Gasteiger partial charge in [-0.25, -0.2) is 0 Å². The Morgan fingerprint density at radius 2 is 1.80 bits per heavy atom. The second-order valence-electron chi connectivity index (χ2n) is 6.24. The zero-order chi connectivity index (χ0) is 13.8. The largest absolute Gasteiger partial charge is 0.394 e. The van der Waals surface area contributed by atoms with Crippen LogP contribution in [0.1, 0.15) is 44.1 Å². The van der Waals surface area contributed by atoms with E-state index in [2.05, 4.69) is 17.4 Å². The lowest BCUT2D eigenvalue weighted by Crippen LogP contribution is -2.51. The van der Waals surface area contributed by atoms with E-state index in [0.717, 1.165) is 5.56 Å². The molecule has 1 aromatic carbocycles. The number of hydrogen-bond donors (Lipinski definition) is 2. The molecule has 110 valence electrons. The van der Waals surface area contributed by atoms with Gasteiger partial charge < -0.3 is 15.2 Å². The lowest BCUT2D eigenvalue weighted by atomic mass is 9.91. The van der Waals surface area contributed by atoms with Crippen LogP contribution in [-0.2, 0) is 10.3 Å². The van der Waals surface area contributed by atoms with E-state index >= 15 is 0 Å². The van der Waals surface area contributed by atoms with Crippen molar-refractivity contribution in [3.05, 3.63) is 35.9 Å². The minimum atomic E-state index is -0.439. The molecular formula is C17H25NO2. The van der Waals surface area contributed by atoms with Gasteiger partial charge in [0.1, 0.15) is 0 Å². The van der Waals surface area contributed by atoms with Crippen LogP contribution in [0.15, 0.2) is 30.3 Å². The summed E-state index contributed by atoms with van der Waals surface area (Å²) in [6.45, 7) is 0.648. The average Bonchev–Trinajstić information content (AvgIpc) is 3.16. The highest BCUT2D eigenvalue weighted by atomic mass is 16.5. The molecule has 3 rings (SSSR count). The molecule has 2 aliphatic carbocycles. The molecule has 2 fully saturated rings. The summed E-state index contributed by atoms with van der Waals surface area (Å²) in [7, 11) is 0. The molecule has 1 aromatic rings. The molecule has 3 heteroatoms. The topological polar surface area (TPSA) is 41.5 Å². The molecule has 0 bridgehead atoms. The maximum absolute atomic E-state index is 10.0. The monoisotopic (exact) mass is 275 g/mol. The van der Waals surface area contributed by atoms with Gasteiger partial charge in [0.2, 0.25) is 0 Å². The quantitative estimate of drug-likeness (QED) is 0.803. The SMILES string of the molecule is OCC(COC1CCCC1)(NC1CC1)c1ccccc1. The summed E-state index contributed by atoms with van der Waals surface area (Å²) < 4.78 is 6.12. The zero-order valence-electron chi connectivity index (χ0n) is 12.1. The standard InChI is InChI=1S/C17H25NO2/c19-12-17(18-15-10-11-15,14-6-2-1-3-7-14)13-20-16-8-4-5-9-16/h1-3,6-7,15-16,18-19H,4-5,8-13H2. The first-order valence-corrected chi connectivity index (χ1v) is 7.88. The Balaban J connectivity index is 1.73. The van der Waals surface area contributed by atoms with Crippen molar-refractivity contribution in [2.45, 2.75) is 56.2 Å². The Morgan fingerprint density at radius 3 is 2.40 bits per heavy atom. The van der Waals surface area contributed by atoms with E-state index in [4.69, 9.17) is 4.74 Å². The van der Waals surface area contributed by atoms with Gasteiger partial charge >= 0.3 is 0 Å². The zero-order valence-corrected chi connectivity index (χ0v) is 12.1. The number of aliphatic hydroxyl groups excluding tert-OH is 1. The lowest BCUT2D eigenvalue weighted by molar-refractivity contribution is -0.00973. The number of ether oxygens (including phenoxy) is 1. The number of rotatable bonds is 7. The molecule has 2 saturated carbocycles. The first-order valence-electron chi connectivity index (χ1n) is 7.88. The number of benzene rings is 1. The Labute approximate surface area is 121 Å². The van der Waals surface area contributed by atoms with Crippen LogP contribution in [0.4, 0.5) is 0 Å². The lowest BCUT2D eigenvalue weighted by Gasteiger charge is -2.34. The second kappa shape index (κ2) is 6.25. The van der Waals surface area contributed by atoms with Crippen molar-refractivity contribution in [1.29, 1.82) is 0 Å². The first kappa shape index (κ1) is 14.1. The van der Waals surface area contributed by atoms with E-state index < -0.39 is 5.54 Å². The molecule has 0 aromatic heterocycles. The summed E-state index contributed by atoms with van der Waals surface area (Å²) in [5, 5.41) is 13.7. The normalized spacial score (nSPS) is 22.9. The van der Waals surface area contributed by atoms with Gasteiger partial charge in [0, 0.05) is 6.04 Å². The van der Waals surface area contributed by atoms with Gasteiger partial charge in [-0.3, -0.25) is 0 Å². The van der Waals surface area contributed by atoms with Crippen molar-refractivity contribution in [1.82, 2.24) is 5.32 Å². The minimum Gasteiger partial charge on any atom is -0.394 e. The van der Waals surface area contributed by atoms with Gasteiger partial charge in [-0.05, 0) is 31.2 Å². The molecule has 0 amide bonds. The molecule has 2 aliphatic rings. The molecule has 0 heterocycles. The second-order valence-corrected chi connectivity index (χ2v) is 6.24. The van der Waals surface area contributed by atoms with E-state index in [1.54, 1.807) is 0 Å². The fourth-order valence-electron chi connectivity index (χ4n) is 3.08. The average molecular weight is 275 g/mol. The van der Waals surface area contributed by atoms with E-state index in [-0.39, 0.29) is 6.61 Å². The Bertz CT molecular complexity index is 412. The highest BCUT2D eigenvalue weighted by molar-refractivity contribution is 5.25. The first-order chi connectivity index (χ1) is 9.82. The number of nitrogens with one attached hydrogen (secondary N) is 1. The summed E-state index contributed by atoms with van der Waals surface area (Å²) in [5.41, 5.74) is 0.692. The third-order valence-electron chi connectivity index (χ3n) is 4.52. The predicted molar refractivity (Wildman–Crippen MR) is 79.6 cm³/mol. The van der Waals surface area contributed by atoms with Gasteiger partial charge in [-0.2, -0.15) is 0 Å². The third-order valence-corrected chi connectivity index (χ3v) is 4.52. The molecule has 20 heavy (non-hydrogen) atoms. The fourth-order valence-corrected chi connectivity index (χ4v) is 3.08. The van der Waals surface area contributed by atoms with Crippen LogP contribution >= 0.6 is 0 Å². The molecule has 1 unspecified atom stereocenters. The van der Waals surface area contributed by atoms with E-state index in [9.17, 15) is 5.11 Å². The molecule has 0 spiro atoms. The van der Waals surface area contributed by atoms with Crippen molar-refractivity contribution < 1.29 is 9.84 Å². The predicted octanol–water partition coefficient (Wildman–Crippen LogP) is 2.59. The maximum Gasteiger partial charge on any atom is 0.0908 e. The van der Waals surface area contributed by atoms with Crippen LogP contribution < -0.4 is 5.32 Å². The van der Waals surface area contributed by atoms with Crippen molar-refractivity contribution in [3.63, 3.8) is 0 Å². The molecule has 0 radical (unpaired) electrons. The number of aliphatic hydroxyl groups is 1. The summed E-state index contributed by atoms with van der Waals surface area (Å²) in [4.78, 5) is 0. The molecule has 3 nitrogen and oxygen atoms in total. The van der Waals surface area contributed by atoms with Gasteiger partial charge in [-0.1, -0.05) is 43.2 Å². The van der Waals surface area contributed by atoms with Crippen LogP contribution in [0.5, 0.6) is 0 Å². The van der Waals surface area contributed by atoms with E-state index in [1.807, 2.05) is 18.2 Å². The summed E-state index contributed by atoms with van der Waals surface area (Å²) in [6, 6.07) is 10.8. The smallest absolute Gasteiger partial charge is 0.0908 e. The van der Waals surface area contributed by atoms with Crippen molar-refractivity contribution in [3.8, 4) is 0 Å². The van der Waals surface area contributed by atoms with Crippen LogP contribution in [0.2, 0.25) is 0 Å². The molecule has 0 saturated heterocycles. The Kier molecular flexibility index (Phi) is 4.39. The van der Waals surface area contributed by atoms with Gasteiger partial charge in [0.25, 0.3) is 0 Å². The highest BCUT2D eigenvalue weighted by Crippen LogP contribution is 2.30. The van der Waals surface area contributed by atoms with Crippen LogP contribution in [0, 0.1) is 0 Å². The van der Waals surface area contributed by atoms with E-state index in [0.29, 0.717) is 18.8 Å². The van der Waals surface area contributed by atoms with Crippen molar-refractivity contribution in [2.75, 3.05) is 13.2 Å². The van der Waals surface area contributed by atoms with Crippen molar-refractivity contribution >= 4 is 0 Å². The molecule has 2 N–H and O–H groups in total. The Morgan fingerprint density at radius 1 is 1.10 bits per heavy atom. The summed E-state index contributed by atoms with van der Waals surface area (Å²) in [6.07, 6.45) is 7.68. The number of hydrogen-bond acceptors (Lipinski definition) is 3. The van der Waals surface area contributed by atoms with Crippen molar-refractivity contribution in [2.24, 2.45) is 0 Å². The van der Waals surface area contributed by atoms with E-state index in [1.165, 1.54) is 38.5 Å².